The van der Waals surface area contributed by atoms with Gasteiger partial charge < -0.3 is 15.1 Å². The quantitative estimate of drug-likeness (QED) is 0.701. The van der Waals surface area contributed by atoms with Gasteiger partial charge in [-0.1, -0.05) is 0 Å². The molecule has 2 N–H and O–H groups in total. The van der Waals surface area contributed by atoms with Crippen molar-refractivity contribution in [2.45, 2.75) is 19.4 Å². The van der Waals surface area contributed by atoms with Crippen LogP contribution in [0.15, 0.2) is 10.8 Å². The Labute approximate surface area is 81.9 Å². The number of amides is 1. The predicted molar refractivity (Wildman–Crippen MR) is 50.0 cm³/mol. The Hall–Kier alpha value is -1.36. The molecule has 0 unspecified atom stereocenters. The summed E-state index contributed by atoms with van der Waals surface area (Å²) in [6, 6.07) is 0.215. The summed E-state index contributed by atoms with van der Waals surface area (Å²) in [5.41, 5.74) is 0.633. The molecule has 0 radical (unpaired) electrons. The van der Waals surface area contributed by atoms with E-state index >= 15 is 0 Å². The molecule has 1 amide bonds. The largest absolute Gasteiger partial charge is 0.438 e. The fourth-order valence-electron chi connectivity index (χ4n) is 1.55. The second kappa shape index (κ2) is 3.79. The number of oxazole rings is 1. The minimum Gasteiger partial charge on any atom is -0.438 e. The lowest BCUT2D eigenvalue weighted by Gasteiger charge is -2.09. The zero-order valence-electron chi connectivity index (χ0n) is 8.04. The minimum absolute atomic E-state index is 0.172. The van der Waals surface area contributed by atoms with Gasteiger partial charge in [-0.15, -0.1) is 0 Å². The Kier molecular flexibility index (Phi) is 2.49. The van der Waals surface area contributed by atoms with Crippen LogP contribution in [0.1, 0.15) is 22.7 Å². The highest BCUT2D eigenvalue weighted by Gasteiger charge is 2.20. The first-order valence-electron chi connectivity index (χ1n) is 4.69. The van der Waals surface area contributed by atoms with Crippen LogP contribution in [0.4, 0.5) is 0 Å². The van der Waals surface area contributed by atoms with E-state index in [4.69, 9.17) is 4.42 Å². The molecular weight excluding hydrogens is 182 g/mol. The molecule has 1 aromatic heterocycles. The molecule has 0 bridgehead atoms. The third-order valence-electron chi connectivity index (χ3n) is 2.35. The average molecular weight is 195 g/mol. The van der Waals surface area contributed by atoms with Gasteiger partial charge in [0, 0.05) is 12.6 Å². The molecule has 76 valence electrons. The molecule has 0 spiro atoms. The van der Waals surface area contributed by atoms with Gasteiger partial charge in [0.15, 0.2) is 6.39 Å². The van der Waals surface area contributed by atoms with Crippen molar-refractivity contribution in [3.05, 3.63) is 17.8 Å². The molecule has 5 heteroatoms. The number of nitrogens with one attached hydrogen (secondary N) is 2. The van der Waals surface area contributed by atoms with Crippen molar-refractivity contribution >= 4 is 5.91 Å². The van der Waals surface area contributed by atoms with Gasteiger partial charge in [-0.3, -0.25) is 4.79 Å². The third kappa shape index (κ3) is 1.77. The van der Waals surface area contributed by atoms with E-state index in [0.29, 0.717) is 11.5 Å². The number of rotatable bonds is 2. The van der Waals surface area contributed by atoms with Crippen molar-refractivity contribution in [1.29, 1.82) is 0 Å². The Morgan fingerprint density at radius 2 is 2.64 bits per heavy atom. The van der Waals surface area contributed by atoms with Crippen LogP contribution in [-0.2, 0) is 0 Å². The van der Waals surface area contributed by atoms with Gasteiger partial charge in [0.25, 0.3) is 5.91 Å². The molecule has 2 rings (SSSR count). The molecule has 2 heterocycles. The lowest BCUT2D eigenvalue weighted by atomic mass is 10.2. The van der Waals surface area contributed by atoms with Gasteiger partial charge in [0.1, 0.15) is 0 Å². The second-order valence-corrected chi connectivity index (χ2v) is 3.43. The number of carbonyl (C=O) groups is 1. The van der Waals surface area contributed by atoms with Gasteiger partial charge >= 0.3 is 0 Å². The Balaban J connectivity index is 1.98. The maximum absolute atomic E-state index is 11.6. The van der Waals surface area contributed by atoms with Crippen molar-refractivity contribution in [3.63, 3.8) is 0 Å². The van der Waals surface area contributed by atoms with E-state index in [2.05, 4.69) is 15.6 Å². The normalized spacial score (nSPS) is 21.1. The fourth-order valence-corrected chi connectivity index (χ4v) is 1.55. The first-order valence-corrected chi connectivity index (χ1v) is 4.69. The van der Waals surface area contributed by atoms with Gasteiger partial charge in [0.2, 0.25) is 5.76 Å². The molecule has 14 heavy (non-hydrogen) atoms. The first kappa shape index (κ1) is 9.21. The molecule has 1 saturated heterocycles. The van der Waals surface area contributed by atoms with Crippen LogP contribution in [0.5, 0.6) is 0 Å². The van der Waals surface area contributed by atoms with Crippen LogP contribution in [0, 0.1) is 6.92 Å². The molecule has 0 aromatic carbocycles. The van der Waals surface area contributed by atoms with Crippen LogP contribution in [0.2, 0.25) is 0 Å². The topological polar surface area (TPSA) is 67.2 Å². The van der Waals surface area contributed by atoms with Crippen LogP contribution in [-0.4, -0.2) is 30.0 Å². The molecular formula is C9H13N3O2. The first-order chi connectivity index (χ1) is 6.77. The summed E-state index contributed by atoms with van der Waals surface area (Å²) in [4.78, 5) is 15.5. The molecule has 1 fully saturated rings. The summed E-state index contributed by atoms with van der Waals surface area (Å²) in [5, 5.41) is 6.06. The van der Waals surface area contributed by atoms with Crippen molar-refractivity contribution in [2.75, 3.05) is 13.1 Å². The molecule has 1 aromatic rings. The maximum Gasteiger partial charge on any atom is 0.289 e. The lowest BCUT2D eigenvalue weighted by Crippen LogP contribution is -2.36. The molecule has 1 aliphatic heterocycles. The number of carbonyl (C=O) groups excluding carboxylic acids is 1. The summed E-state index contributed by atoms with van der Waals surface area (Å²) in [7, 11) is 0. The molecule has 1 atom stereocenters. The molecule has 0 saturated carbocycles. The summed E-state index contributed by atoms with van der Waals surface area (Å²) >= 11 is 0. The maximum atomic E-state index is 11.6. The highest BCUT2D eigenvalue weighted by molar-refractivity contribution is 5.92. The molecule has 0 aliphatic carbocycles. The van der Waals surface area contributed by atoms with E-state index < -0.39 is 0 Å². The Morgan fingerprint density at radius 3 is 3.21 bits per heavy atom. The van der Waals surface area contributed by atoms with E-state index in [1.54, 1.807) is 6.92 Å². The highest BCUT2D eigenvalue weighted by atomic mass is 16.3. The summed E-state index contributed by atoms with van der Waals surface area (Å²) in [6.07, 6.45) is 2.26. The van der Waals surface area contributed by atoms with E-state index in [1.165, 1.54) is 6.39 Å². The average Bonchev–Trinajstić information content (AvgIpc) is 2.75. The fraction of sp³-hybridized carbons (Fsp3) is 0.556. The third-order valence-corrected chi connectivity index (χ3v) is 2.35. The number of aryl methyl sites for hydroxylation is 1. The number of nitrogens with zero attached hydrogens (tertiary/aromatic N) is 1. The van der Waals surface area contributed by atoms with Gasteiger partial charge in [-0.25, -0.2) is 4.98 Å². The summed E-state index contributed by atoms with van der Waals surface area (Å²) in [5.74, 6) is 0.144. The van der Waals surface area contributed by atoms with Crippen molar-refractivity contribution < 1.29 is 9.21 Å². The summed E-state index contributed by atoms with van der Waals surface area (Å²) in [6.45, 7) is 3.55. The highest BCUT2D eigenvalue weighted by Crippen LogP contribution is 2.06. The second-order valence-electron chi connectivity index (χ2n) is 3.43. The number of aromatic nitrogens is 1. The lowest BCUT2D eigenvalue weighted by molar-refractivity contribution is 0.0911. The molecule has 5 nitrogen and oxygen atoms in total. The van der Waals surface area contributed by atoms with Gasteiger partial charge in [0.05, 0.1) is 5.69 Å². The monoisotopic (exact) mass is 195 g/mol. The van der Waals surface area contributed by atoms with E-state index in [-0.39, 0.29) is 11.9 Å². The number of hydrogen-bond acceptors (Lipinski definition) is 4. The van der Waals surface area contributed by atoms with Crippen LogP contribution < -0.4 is 10.6 Å². The van der Waals surface area contributed by atoms with Crippen molar-refractivity contribution in [1.82, 2.24) is 15.6 Å². The number of hydrogen-bond donors (Lipinski definition) is 2. The zero-order chi connectivity index (χ0) is 9.97. The minimum atomic E-state index is -0.172. The summed E-state index contributed by atoms with van der Waals surface area (Å²) < 4.78 is 4.99. The van der Waals surface area contributed by atoms with Gasteiger partial charge in [-0.05, 0) is 19.9 Å². The van der Waals surface area contributed by atoms with E-state index in [9.17, 15) is 4.79 Å². The van der Waals surface area contributed by atoms with E-state index in [1.807, 2.05) is 0 Å². The zero-order valence-corrected chi connectivity index (χ0v) is 8.04. The standard InChI is InChI=1S/C9H13N3O2/c1-6-8(14-5-11-6)9(13)12-7-2-3-10-4-7/h5,7,10H,2-4H2,1H3,(H,12,13)/t7-/m1/s1. The van der Waals surface area contributed by atoms with Crippen LogP contribution in [0.3, 0.4) is 0 Å². The van der Waals surface area contributed by atoms with Gasteiger partial charge in [-0.2, -0.15) is 0 Å². The smallest absolute Gasteiger partial charge is 0.289 e. The molecule has 1 aliphatic rings. The van der Waals surface area contributed by atoms with Crippen LogP contribution in [0.25, 0.3) is 0 Å². The Bertz CT molecular complexity index is 329. The predicted octanol–water partition coefficient (Wildman–Crippen LogP) is 0.0747. The van der Waals surface area contributed by atoms with Crippen molar-refractivity contribution in [2.24, 2.45) is 0 Å². The van der Waals surface area contributed by atoms with Crippen molar-refractivity contribution in [3.8, 4) is 0 Å². The SMILES string of the molecule is Cc1ncoc1C(=O)N[C@@H]1CCNC1. The van der Waals surface area contributed by atoms with Crippen LogP contribution >= 0.6 is 0 Å². The Morgan fingerprint density at radius 1 is 1.79 bits per heavy atom. The van der Waals surface area contributed by atoms with E-state index in [0.717, 1.165) is 19.5 Å².